The topological polar surface area (TPSA) is 73.2 Å². The minimum atomic E-state index is -3.96. The molecule has 2 aliphatic rings. The minimum Gasteiger partial charge on any atom is -0.378 e. The summed E-state index contributed by atoms with van der Waals surface area (Å²) in [7, 11) is 0.111. The van der Waals surface area contributed by atoms with Gasteiger partial charge in [0.15, 0.2) is 5.72 Å². The second-order valence-corrected chi connectivity index (χ2v) is 11.3. The van der Waals surface area contributed by atoms with Crippen LogP contribution in [-0.4, -0.2) is 48.9 Å². The van der Waals surface area contributed by atoms with Crippen molar-refractivity contribution in [3.63, 3.8) is 0 Å². The molecular weight excluding hydrogens is 423 g/mol. The maximum atomic E-state index is 11.2. The average Bonchev–Trinajstić information content (AvgIpc) is 3.23. The number of hydrogen-bond acceptors (Lipinski definition) is 4. The molecule has 0 saturated carbocycles. The van der Waals surface area contributed by atoms with E-state index in [1.54, 1.807) is 0 Å². The van der Waals surface area contributed by atoms with Crippen LogP contribution in [0.15, 0.2) is 48.5 Å². The average molecular weight is 457 g/mol. The van der Waals surface area contributed by atoms with Crippen molar-refractivity contribution in [3.05, 3.63) is 65.2 Å². The Kier molecular flexibility index (Phi) is 6.01. The summed E-state index contributed by atoms with van der Waals surface area (Å²) < 4.78 is 17.6. The lowest BCUT2D eigenvalue weighted by molar-refractivity contribution is 0.000325. The molecule has 7 heteroatoms. The Bertz CT molecular complexity index is 1060. The largest absolute Gasteiger partial charge is 0.378 e. The summed E-state index contributed by atoms with van der Waals surface area (Å²) in [6.45, 7) is 5.95. The normalized spacial score (nSPS) is 21.8. The first kappa shape index (κ1) is 23.1. The van der Waals surface area contributed by atoms with Gasteiger partial charge in [0, 0.05) is 37.4 Å². The number of aryl methyl sites for hydroxylation is 1. The predicted molar refractivity (Wildman–Crippen MR) is 131 cm³/mol. The summed E-state index contributed by atoms with van der Waals surface area (Å²) >= 11 is 0. The molecule has 1 saturated heterocycles. The summed E-state index contributed by atoms with van der Waals surface area (Å²) in [5.74, 6) is 0. The van der Waals surface area contributed by atoms with Crippen molar-refractivity contribution >= 4 is 25.0 Å². The van der Waals surface area contributed by atoms with E-state index in [-0.39, 0.29) is 11.6 Å². The van der Waals surface area contributed by atoms with Crippen LogP contribution in [0.4, 0.5) is 11.4 Å². The summed E-state index contributed by atoms with van der Waals surface area (Å²) in [6, 6.07) is 14.9. The molecule has 172 valence electrons. The van der Waals surface area contributed by atoms with Crippen molar-refractivity contribution in [2.45, 2.75) is 37.8 Å². The van der Waals surface area contributed by atoms with Gasteiger partial charge in [-0.25, -0.2) is 0 Å². The van der Waals surface area contributed by atoms with Gasteiger partial charge in [0.1, 0.15) is 0 Å². The summed E-state index contributed by atoms with van der Waals surface area (Å²) in [6.07, 6.45) is 5.38. The van der Waals surface area contributed by atoms with Gasteiger partial charge in [0.25, 0.3) is 0 Å². The second-order valence-electron chi connectivity index (χ2n) is 9.48. The van der Waals surface area contributed by atoms with Crippen LogP contribution in [0.3, 0.4) is 0 Å². The van der Waals surface area contributed by atoms with Gasteiger partial charge in [-0.1, -0.05) is 44.2 Å². The van der Waals surface area contributed by atoms with E-state index in [4.69, 9.17) is 14.5 Å². The van der Waals surface area contributed by atoms with Crippen LogP contribution in [0.25, 0.3) is 6.08 Å². The molecule has 6 nitrogen and oxygen atoms in total. The second kappa shape index (κ2) is 8.35. The van der Waals surface area contributed by atoms with E-state index in [1.165, 1.54) is 16.9 Å². The fourth-order valence-corrected chi connectivity index (χ4v) is 5.52. The third-order valence-electron chi connectivity index (χ3n) is 6.78. The highest BCUT2D eigenvalue weighted by Gasteiger charge is 2.59. The monoisotopic (exact) mass is 456 g/mol. The molecule has 0 aliphatic carbocycles. The Morgan fingerprint density at radius 2 is 1.88 bits per heavy atom. The van der Waals surface area contributed by atoms with E-state index < -0.39 is 13.3 Å². The Morgan fingerprint density at radius 1 is 1.16 bits per heavy atom. The standard InChI is InChI=1S/C25H33N2O4P/c1-24(2)22-18-20(6-5-17-32(28,29)30)9-12-23(22)27-15-16-31-25(24,27)14-13-19-7-10-21(11-8-19)26(3)4/h7-14,18H,5-6,15-17H2,1-4H3,(H2,28,29,30)/b14-13+. The lowest BCUT2D eigenvalue weighted by atomic mass is 9.76. The van der Waals surface area contributed by atoms with Crippen molar-refractivity contribution in [2.24, 2.45) is 0 Å². The van der Waals surface area contributed by atoms with Gasteiger partial charge in [-0.05, 0) is 53.8 Å². The fourth-order valence-electron chi connectivity index (χ4n) is 4.95. The number of ether oxygens (including phenoxy) is 1. The van der Waals surface area contributed by atoms with Crippen molar-refractivity contribution in [2.75, 3.05) is 43.2 Å². The Balaban J connectivity index is 1.61. The number of benzene rings is 2. The lowest BCUT2D eigenvalue weighted by Gasteiger charge is -2.39. The van der Waals surface area contributed by atoms with E-state index in [1.807, 2.05) is 14.1 Å². The third kappa shape index (κ3) is 4.13. The molecule has 2 aromatic carbocycles. The number of hydrogen-bond donors (Lipinski definition) is 2. The molecule has 4 rings (SSSR count). The molecule has 2 N–H and O–H groups in total. The lowest BCUT2D eigenvalue weighted by Crippen LogP contribution is -2.51. The van der Waals surface area contributed by atoms with Gasteiger partial charge in [-0.15, -0.1) is 0 Å². The van der Waals surface area contributed by atoms with Crippen LogP contribution in [0.5, 0.6) is 0 Å². The molecule has 32 heavy (non-hydrogen) atoms. The number of anilines is 2. The van der Waals surface area contributed by atoms with Crippen molar-refractivity contribution in [3.8, 4) is 0 Å². The highest BCUT2D eigenvalue weighted by atomic mass is 31.2. The minimum absolute atomic E-state index is 0.0813. The first-order valence-corrected chi connectivity index (χ1v) is 12.9. The molecule has 0 spiro atoms. The zero-order valence-corrected chi connectivity index (χ0v) is 20.2. The van der Waals surface area contributed by atoms with E-state index >= 15 is 0 Å². The van der Waals surface area contributed by atoms with Crippen LogP contribution in [0, 0.1) is 0 Å². The van der Waals surface area contributed by atoms with Crippen LogP contribution in [0.2, 0.25) is 0 Å². The number of rotatable bonds is 7. The number of nitrogens with zero attached hydrogens (tertiary/aromatic N) is 2. The first-order chi connectivity index (χ1) is 15.0. The van der Waals surface area contributed by atoms with Gasteiger partial charge < -0.3 is 24.3 Å². The van der Waals surface area contributed by atoms with Crippen molar-refractivity contribution in [1.82, 2.24) is 0 Å². The fraction of sp³-hybridized carbons (Fsp3) is 0.440. The zero-order chi connectivity index (χ0) is 23.1. The predicted octanol–water partition coefficient (Wildman–Crippen LogP) is 4.40. The van der Waals surface area contributed by atoms with E-state index in [9.17, 15) is 4.57 Å². The highest BCUT2D eigenvalue weighted by Crippen LogP contribution is 2.55. The van der Waals surface area contributed by atoms with Gasteiger partial charge >= 0.3 is 7.60 Å². The number of fused-ring (bicyclic) bond motifs is 3. The zero-order valence-electron chi connectivity index (χ0n) is 19.3. The third-order valence-corrected chi connectivity index (χ3v) is 7.68. The Hall–Kier alpha value is -2.11. The van der Waals surface area contributed by atoms with Crippen LogP contribution >= 0.6 is 7.60 Å². The molecule has 0 bridgehead atoms. The molecule has 0 amide bonds. The molecule has 2 aliphatic heterocycles. The smallest absolute Gasteiger partial charge is 0.325 e. The van der Waals surface area contributed by atoms with Crippen LogP contribution < -0.4 is 9.80 Å². The Labute approximate surface area is 190 Å². The molecule has 1 unspecified atom stereocenters. The molecular formula is C25H33N2O4P. The molecule has 0 radical (unpaired) electrons. The molecule has 1 atom stereocenters. The van der Waals surface area contributed by atoms with Gasteiger partial charge in [0.05, 0.1) is 12.8 Å². The van der Waals surface area contributed by atoms with Crippen molar-refractivity contribution in [1.29, 1.82) is 0 Å². The highest BCUT2D eigenvalue weighted by molar-refractivity contribution is 7.51. The van der Waals surface area contributed by atoms with Crippen LogP contribution in [0.1, 0.15) is 37.0 Å². The van der Waals surface area contributed by atoms with E-state index in [2.05, 4.69) is 78.3 Å². The quantitative estimate of drug-likeness (QED) is 0.602. The molecule has 1 fully saturated rings. The maximum Gasteiger partial charge on any atom is 0.325 e. The maximum absolute atomic E-state index is 11.2. The first-order valence-electron chi connectivity index (χ1n) is 11.1. The SMILES string of the molecule is CN(C)c1ccc(/C=C/C23OCCN2c2ccc(CCCP(=O)(O)O)cc2C3(C)C)cc1. The van der Waals surface area contributed by atoms with Gasteiger partial charge in [-0.2, -0.15) is 0 Å². The van der Waals surface area contributed by atoms with Gasteiger partial charge in [0.2, 0.25) is 0 Å². The van der Waals surface area contributed by atoms with E-state index in [0.717, 1.165) is 17.7 Å². The van der Waals surface area contributed by atoms with Gasteiger partial charge in [-0.3, -0.25) is 4.57 Å². The summed E-state index contributed by atoms with van der Waals surface area (Å²) in [4.78, 5) is 22.7. The Morgan fingerprint density at radius 3 is 2.53 bits per heavy atom. The van der Waals surface area contributed by atoms with E-state index in [0.29, 0.717) is 19.4 Å². The summed E-state index contributed by atoms with van der Waals surface area (Å²) in [5.41, 5.74) is 4.96. The summed E-state index contributed by atoms with van der Waals surface area (Å²) in [5, 5.41) is 0. The molecule has 2 aromatic rings. The van der Waals surface area contributed by atoms with Crippen molar-refractivity contribution < 1.29 is 19.1 Å². The molecule has 2 heterocycles. The van der Waals surface area contributed by atoms with Crippen LogP contribution in [-0.2, 0) is 21.1 Å². The molecule has 0 aromatic heterocycles.